The van der Waals surface area contributed by atoms with Gasteiger partial charge in [-0.1, -0.05) is 24.3 Å². The van der Waals surface area contributed by atoms with Gasteiger partial charge in [0.25, 0.3) is 5.91 Å². The minimum absolute atomic E-state index is 0.214. The number of nitrogens with one attached hydrogen (secondary N) is 1. The molecule has 0 radical (unpaired) electrons. The fourth-order valence-electron chi connectivity index (χ4n) is 2.44. The van der Waals surface area contributed by atoms with Gasteiger partial charge in [0.1, 0.15) is 5.69 Å². The van der Waals surface area contributed by atoms with Gasteiger partial charge in [-0.2, -0.15) is 0 Å². The molecule has 7 heteroatoms. The molecular weight excluding hydrogens is 344 g/mol. The van der Waals surface area contributed by atoms with E-state index in [1.165, 1.54) is 19.4 Å². The fourth-order valence-corrected chi connectivity index (χ4v) is 2.44. The number of amides is 1. The van der Waals surface area contributed by atoms with Gasteiger partial charge in [0.05, 0.1) is 12.7 Å². The van der Waals surface area contributed by atoms with E-state index in [2.05, 4.69) is 20.0 Å². The molecule has 0 fully saturated rings. The van der Waals surface area contributed by atoms with E-state index in [1.54, 1.807) is 29.2 Å². The lowest BCUT2D eigenvalue weighted by molar-refractivity contribution is 0.0600. The number of benzene rings is 2. The second-order valence-electron chi connectivity index (χ2n) is 5.66. The molecule has 1 heterocycles. The van der Waals surface area contributed by atoms with Gasteiger partial charge < -0.3 is 15.0 Å². The topological polar surface area (TPSA) is 84.4 Å². The first-order valence-electron chi connectivity index (χ1n) is 8.20. The van der Waals surface area contributed by atoms with Crippen LogP contribution in [0.1, 0.15) is 20.8 Å². The van der Waals surface area contributed by atoms with Crippen molar-refractivity contribution in [3.05, 3.63) is 78.1 Å². The lowest BCUT2D eigenvalue weighted by Gasteiger charge is -2.17. The van der Waals surface area contributed by atoms with E-state index in [4.69, 9.17) is 0 Å². The zero-order chi connectivity index (χ0) is 19.2. The van der Waals surface area contributed by atoms with E-state index in [0.717, 1.165) is 5.69 Å². The van der Waals surface area contributed by atoms with Crippen LogP contribution in [-0.2, 0) is 4.74 Å². The Morgan fingerprint density at radius 3 is 2.56 bits per heavy atom. The van der Waals surface area contributed by atoms with Crippen LogP contribution in [0.2, 0.25) is 0 Å². The van der Waals surface area contributed by atoms with Crippen molar-refractivity contribution in [2.45, 2.75) is 0 Å². The summed E-state index contributed by atoms with van der Waals surface area (Å²) in [6.07, 6.45) is 1.53. The molecule has 0 atom stereocenters. The van der Waals surface area contributed by atoms with Crippen molar-refractivity contribution in [1.29, 1.82) is 0 Å². The highest BCUT2D eigenvalue weighted by molar-refractivity contribution is 6.03. The van der Waals surface area contributed by atoms with Gasteiger partial charge in [-0.15, -0.1) is 0 Å². The molecule has 2 aromatic carbocycles. The van der Waals surface area contributed by atoms with Crippen molar-refractivity contribution in [1.82, 2.24) is 9.97 Å². The molecule has 0 aliphatic rings. The summed E-state index contributed by atoms with van der Waals surface area (Å²) in [5.74, 6) is -0.473. The first-order valence-corrected chi connectivity index (χ1v) is 8.20. The van der Waals surface area contributed by atoms with Crippen LogP contribution in [0.5, 0.6) is 0 Å². The maximum atomic E-state index is 12.5. The predicted octanol–water partition coefficient (Wildman–Crippen LogP) is 3.28. The SMILES string of the molecule is COC(=O)c1cccc(NC(=O)c2ccnc(N(C)c3ccccc3)n2)c1. The van der Waals surface area contributed by atoms with E-state index < -0.39 is 11.9 Å². The maximum absolute atomic E-state index is 12.5. The van der Waals surface area contributed by atoms with Crippen molar-refractivity contribution >= 4 is 29.2 Å². The number of methoxy groups -OCH3 is 1. The molecule has 0 saturated carbocycles. The van der Waals surface area contributed by atoms with Crippen LogP contribution in [0.3, 0.4) is 0 Å². The minimum atomic E-state index is -0.472. The first kappa shape index (κ1) is 18.1. The number of hydrogen-bond donors (Lipinski definition) is 1. The standard InChI is InChI=1S/C20H18N4O3/c1-24(16-9-4-3-5-10-16)20-21-12-11-17(23-20)18(25)22-15-8-6-7-14(13-15)19(26)27-2/h3-13H,1-2H3,(H,22,25). The van der Waals surface area contributed by atoms with Gasteiger partial charge in [0, 0.05) is 24.6 Å². The summed E-state index contributed by atoms with van der Waals surface area (Å²) in [6, 6.07) is 17.6. The summed E-state index contributed by atoms with van der Waals surface area (Å²) in [5, 5.41) is 2.73. The van der Waals surface area contributed by atoms with Crippen LogP contribution < -0.4 is 10.2 Å². The van der Waals surface area contributed by atoms with Crippen LogP contribution in [0, 0.1) is 0 Å². The highest BCUT2D eigenvalue weighted by atomic mass is 16.5. The lowest BCUT2D eigenvalue weighted by Crippen LogP contribution is -2.18. The van der Waals surface area contributed by atoms with E-state index in [0.29, 0.717) is 17.2 Å². The van der Waals surface area contributed by atoms with Gasteiger partial charge in [-0.3, -0.25) is 4.79 Å². The molecule has 0 aliphatic carbocycles. The summed E-state index contributed by atoms with van der Waals surface area (Å²) in [6.45, 7) is 0. The number of aromatic nitrogens is 2. The Morgan fingerprint density at radius 1 is 1.04 bits per heavy atom. The van der Waals surface area contributed by atoms with Crippen LogP contribution in [0.25, 0.3) is 0 Å². The molecule has 3 aromatic rings. The fraction of sp³-hybridized carbons (Fsp3) is 0.100. The third kappa shape index (κ3) is 4.27. The molecule has 1 N–H and O–H groups in total. The summed E-state index contributed by atoms with van der Waals surface area (Å²) < 4.78 is 4.69. The average molecular weight is 362 g/mol. The third-order valence-corrected chi connectivity index (χ3v) is 3.86. The summed E-state index contributed by atoms with van der Waals surface area (Å²) in [5.41, 5.74) is 1.94. The maximum Gasteiger partial charge on any atom is 0.337 e. The Labute approximate surface area is 156 Å². The van der Waals surface area contributed by atoms with E-state index in [-0.39, 0.29) is 5.69 Å². The average Bonchev–Trinajstić information content (AvgIpc) is 2.73. The van der Waals surface area contributed by atoms with Crippen LogP contribution in [-0.4, -0.2) is 36.0 Å². The lowest BCUT2D eigenvalue weighted by atomic mass is 10.2. The summed E-state index contributed by atoms with van der Waals surface area (Å²) in [4.78, 5) is 34.5. The molecule has 0 unspecified atom stereocenters. The van der Waals surface area contributed by atoms with E-state index >= 15 is 0 Å². The van der Waals surface area contributed by atoms with Gasteiger partial charge in [-0.25, -0.2) is 14.8 Å². The number of carbonyl (C=O) groups excluding carboxylic acids is 2. The van der Waals surface area contributed by atoms with E-state index in [9.17, 15) is 9.59 Å². The highest BCUT2D eigenvalue weighted by Crippen LogP contribution is 2.19. The Morgan fingerprint density at radius 2 is 1.81 bits per heavy atom. The number of rotatable bonds is 5. The zero-order valence-electron chi connectivity index (χ0n) is 14.9. The van der Waals surface area contributed by atoms with E-state index in [1.807, 2.05) is 37.4 Å². The molecule has 0 saturated heterocycles. The molecule has 1 aromatic heterocycles. The van der Waals surface area contributed by atoms with Crippen LogP contribution in [0.4, 0.5) is 17.3 Å². The Kier molecular flexibility index (Phi) is 5.41. The number of ether oxygens (including phenoxy) is 1. The first-order chi connectivity index (χ1) is 13.1. The summed E-state index contributed by atoms with van der Waals surface area (Å²) >= 11 is 0. The minimum Gasteiger partial charge on any atom is -0.465 e. The number of carbonyl (C=O) groups is 2. The van der Waals surface area contributed by atoms with Gasteiger partial charge in [0.2, 0.25) is 5.95 Å². The largest absolute Gasteiger partial charge is 0.465 e. The van der Waals surface area contributed by atoms with Crippen molar-refractivity contribution in [2.75, 3.05) is 24.4 Å². The predicted molar refractivity (Wildman–Crippen MR) is 102 cm³/mol. The van der Waals surface area contributed by atoms with Crippen molar-refractivity contribution in [2.24, 2.45) is 0 Å². The van der Waals surface area contributed by atoms with Gasteiger partial charge in [-0.05, 0) is 36.4 Å². The van der Waals surface area contributed by atoms with Crippen LogP contribution in [0.15, 0.2) is 66.9 Å². The smallest absolute Gasteiger partial charge is 0.337 e. The molecule has 27 heavy (non-hydrogen) atoms. The highest BCUT2D eigenvalue weighted by Gasteiger charge is 2.13. The second kappa shape index (κ2) is 8.09. The Hall–Kier alpha value is -3.74. The van der Waals surface area contributed by atoms with Gasteiger partial charge >= 0.3 is 5.97 Å². The molecule has 136 valence electrons. The molecule has 0 aliphatic heterocycles. The van der Waals surface area contributed by atoms with Gasteiger partial charge in [0.15, 0.2) is 0 Å². The summed E-state index contributed by atoms with van der Waals surface area (Å²) in [7, 11) is 3.13. The van der Waals surface area contributed by atoms with Crippen molar-refractivity contribution < 1.29 is 14.3 Å². The number of esters is 1. The third-order valence-electron chi connectivity index (χ3n) is 3.86. The quantitative estimate of drug-likeness (QED) is 0.701. The normalized spacial score (nSPS) is 10.1. The van der Waals surface area contributed by atoms with Crippen molar-refractivity contribution in [3.8, 4) is 0 Å². The monoisotopic (exact) mass is 362 g/mol. The molecular formula is C20H18N4O3. The molecule has 3 rings (SSSR count). The second-order valence-corrected chi connectivity index (χ2v) is 5.66. The molecule has 0 bridgehead atoms. The number of para-hydroxylation sites is 1. The van der Waals surface area contributed by atoms with Crippen LogP contribution >= 0.6 is 0 Å². The van der Waals surface area contributed by atoms with Crippen molar-refractivity contribution in [3.63, 3.8) is 0 Å². The Bertz CT molecular complexity index is 960. The number of nitrogens with zero attached hydrogens (tertiary/aromatic N) is 3. The molecule has 0 spiro atoms. The zero-order valence-corrected chi connectivity index (χ0v) is 14.9. The Balaban J connectivity index is 1.79. The molecule has 1 amide bonds. The number of hydrogen-bond acceptors (Lipinski definition) is 6. The number of anilines is 3. The molecule has 7 nitrogen and oxygen atoms in total.